The zero-order chi connectivity index (χ0) is 22.2. The van der Waals surface area contributed by atoms with Crippen LogP contribution in [0.25, 0.3) is 12.2 Å². The summed E-state index contributed by atoms with van der Waals surface area (Å²) in [6, 6.07) is 15.1. The lowest BCUT2D eigenvalue weighted by Gasteiger charge is -2.38. The van der Waals surface area contributed by atoms with E-state index < -0.39 is 29.0 Å². The lowest BCUT2D eigenvalue weighted by atomic mass is 9.70. The number of benzene rings is 2. The standard InChI is InChI=1S/C25H22N2O4/c1-15-7-3-5-9-17(15)11-19-13-25(23(30)26-21(19)28)14-20(22(29)27-24(25)31)12-18-10-6-4-8-16(18)2/h3-12H,13-14H2,1-2H3,(H,26,28,30)(H,27,29,31)/b19-11+,20-12+. The maximum absolute atomic E-state index is 12.9. The van der Waals surface area contributed by atoms with E-state index in [0.717, 1.165) is 22.3 Å². The van der Waals surface area contributed by atoms with Crippen molar-refractivity contribution in [1.29, 1.82) is 0 Å². The number of hydrogen-bond acceptors (Lipinski definition) is 4. The number of rotatable bonds is 2. The fraction of sp³-hybridized carbons (Fsp3) is 0.200. The third-order valence-electron chi connectivity index (χ3n) is 5.93. The highest BCUT2D eigenvalue weighted by molar-refractivity contribution is 6.24. The Balaban J connectivity index is 1.74. The quantitative estimate of drug-likeness (QED) is 0.449. The van der Waals surface area contributed by atoms with E-state index in [2.05, 4.69) is 10.6 Å². The molecule has 2 aromatic rings. The van der Waals surface area contributed by atoms with Crippen molar-refractivity contribution in [2.45, 2.75) is 26.7 Å². The molecular formula is C25H22N2O4. The van der Waals surface area contributed by atoms with Crippen molar-refractivity contribution in [3.8, 4) is 0 Å². The number of hydrogen-bond donors (Lipinski definition) is 2. The normalized spacial score (nSPS) is 20.8. The van der Waals surface area contributed by atoms with E-state index in [0.29, 0.717) is 11.1 Å². The molecule has 2 saturated heterocycles. The Kier molecular flexibility index (Phi) is 5.15. The molecule has 0 aromatic heterocycles. The van der Waals surface area contributed by atoms with Crippen LogP contribution < -0.4 is 10.6 Å². The van der Waals surface area contributed by atoms with Gasteiger partial charge in [-0.15, -0.1) is 0 Å². The molecule has 0 saturated carbocycles. The average molecular weight is 414 g/mol. The van der Waals surface area contributed by atoms with E-state index in [-0.39, 0.29) is 12.8 Å². The summed E-state index contributed by atoms with van der Waals surface area (Å²) in [5, 5.41) is 4.65. The van der Waals surface area contributed by atoms with Crippen LogP contribution in [0.5, 0.6) is 0 Å². The molecule has 0 bridgehead atoms. The molecule has 2 aliphatic rings. The molecule has 2 aliphatic heterocycles. The molecule has 4 amide bonds. The highest BCUT2D eigenvalue weighted by atomic mass is 16.2. The second kappa shape index (κ2) is 7.80. The summed E-state index contributed by atoms with van der Waals surface area (Å²) in [7, 11) is 0. The molecule has 4 rings (SSSR count). The average Bonchev–Trinajstić information content (AvgIpc) is 2.73. The Morgan fingerprint density at radius 3 is 1.45 bits per heavy atom. The minimum atomic E-state index is -1.55. The Hall–Kier alpha value is -3.80. The van der Waals surface area contributed by atoms with Crippen LogP contribution in [0.15, 0.2) is 59.7 Å². The number of carbonyl (C=O) groups excluding carboxylic acids is 4. The first-order valence-corrected chi connectivity index (χ1v) is 10.0. The second-order valence-electron chi connectivity index (χ2n) is 8.05. The van der Waals surface area contributed by atoms with E-state index in [1.807, 2.05) is 62.4 Å². The molecule has 1 spiro atoms. The van der Waals surface area contributed by atoms with Crippen molar-refractivity contribution < 1.29 is 19.2 Å². The SMILES string of the molecule is Cc1ccccc1/C=C1\CC2(C/C(=C\c3ccccc3C)C(=O)NC2=O)C(=O)NC1=O. The first-order chi connectivity index (χ1) is 14.8. The molecule has 0 radical (unpaired) electrons. The number of carbonyl (C=O) groups is 4. The van der Waals surface area contributed by atoms with Gasteiger partial charge in [0.2, 0.25) is 11.8 Å². The number of aryl methyl sites for hydroxylation is 2. The van der Waals surface area contributed by atoms with E-state index in [1.54, 1.807) is 12.2 Å². The van der Waals surface area contributed by atoms with Gasteiger partial charge in [0, 0.05) is 24.0 Å². The molecule has 2 N–H and O–H groups in total. The number of nitrogens with one attached hydrogen (secondary N) is 2. The maximum atomic E-state index is 12.9. The fourth-order valence-corrected chi connectivity index (χ4v) is 4.01. The molecule has 2 fully saturated rings. The van der Waals surface area contributed by atoms with E-state index in [1.165, 1.54) is 0 Å². The van der Waals surface area contributed by atoms with E-state index in [9.17, 15) is 19.2 Å². The molecule has 2 heterocycles. The van der Waals surface area contributed by atoms with Crippen molar-refractivity contribution in [1.82, 2.24) is 10.6 Å². The third kappa shape index (κ3) is 3.72. The van der Waals surface area contributed by atoms with Gasteiger partial charge in [-0.25, -0.2) is 0 Å². The van der Waals surface area contributed by atoms with Crippen molar-refractivity contribution in [3.05, 3.63) is 81.9 Å². The third-order valence-corrected chi connectivity index (χ3v) is 5.93. The van der Waals surface area contributed by atoms with Gasteiger partial charge in [-0.2, -0.15) is 0 Å². The van der Waals surface area contributed by atoms with Crippen LogP contribution in [0.3, 0.4) is 0 Å². The van der Waals surface area contributed by atoms with Gasteiger partial charge in [0.15, 0.2) is 0 Å². The van der Waals surface area contributed by atoms with Crippen molar-refractivity contribution >= 4 is 35.8 Å². The van der Waals surface area contributed by atoms with Crippen LogP contribution >= 0.6 is 0 Å². The predicted octanol–water partition coefficient (Wildman–Crippen LogP) is 2.85. The number of imide groups is 2. The minimum Gasteiger partial charge on any atom is -0.292 e. The molecule has 0 atom stereocenters. The van der Waals surface area contributed by atoms with Crippen LogP contribution in [-0.2, 0) is 19.2 Å². The summed E-state index contributed by atoms with van der Waals surface area (Å²) < 4.78 is 0. The smallest absolute Gasteiger partial charge is 0.253 e. The van der Waals surface area contributed by atoms with Crippen molar-refractivity contribution in [2.75, 3.05) is 0 Å². The molecular weight excluding hydrogens is 392 g/mol. The van der Waals surface area contributed by atoms with E-state index >= 15 is 0 Å². The summed E-state index contributed by atoms with van der Waals surface area (Å²) >= 11 is 0. The monoisotopic (exact) mass is 414 g/mol. The minimum absolute atomic E-state index is 0.0732. The number of amides is 4. The van der Waals surface area contributed by atoms with Crippen LogP contribution in [0.4, 0.5) is 0 Å². The maximum Gasteiger partial charge on any atom is 0.253 e. The van der Waals surface area contributed by atoms with Gasteiger partial charge < -0.3 is 0 Å². The highest BCUT2D eigenvalue weighted by Crippen LogP contribution is 2.41. The summed E-state index contributed by atoms with van der Waals surface area (Å²) in [5.41, 5.74) is 2.71. The molecule has 156 valence electrons. The van der Waals surface area contributed by atoms with Crippen LogP contribution in [-0.4, -0.2) is 23.6 Å². The summed E-state index contributed by atoms with van der Waals surface area (Å²) in [6.45, 7) is 3.84. The molecule has 6 nitrogen and oxygen atoms in total. The van der Waals surface area contributed by atoms with Gasteiger partial charge in [0.25, 0.3) is 11.8 Å². The summed E-state index contributed by atoms with van der Waals surface area (Å²) in [5.74, 6) is -2.40. The zero-order valence-corrected chi connectivity index (χ0v) is 17.3. The fourth-order valence-electron chi connectivity index (χ4n) is 4.01. The zero-order valence-electron chi connectivity index (χ0n) is 17.3. The predicted molar refractivity (Wildman–Crippen MR) is 116 cm³/mol. The largest absolute Gasteiger partial charge is 0.292 e. The Morgan fingerprint density at radius 1 is 0.677 bits per heavy atom. The van der Waals surface area contributed by atoms with Crippen LogP contribution in [0, 0.1) is 19.3 Å². The van der Waals surface area contributed by atoms with E-state index in [4.69, 9.17) is 0 Å². The first kappa shape index (κ1) is 20.5. The van der Waals surface area contributed by atoms with Gasteiger partial charge in [-0.3, -0.25) is 29.8 Å². The summed E-state index contributed by atoms with van der Waals surface area (Å²) in [6.07, 6.45) is 3.26. The van der Waals surface area contributed by atoms with Crippen molar-refractivity contribution in [2.24, 2.45) is 5.41 Å². The van der Waals surface area contributed by atoms with Gasteiger partial charge >= 0.3 is 0 Å². The Morgan fingerprint density at radius 2 is 1.06 bits per heavy atom. The van der Waals surface area contributed by atoms with Gasteiger partial charge in [-0.1, -0.05) is 48.5 Å². The lowest BCUT2D eigenvalue weighted by Crippen LogP contribution is -2.61. The van der Waals surface area contributed by atoms with Gasteiger partial charge in [-0.05, 0) is 48.3 Å². The molecule has 0 unspecified atom stereocenters. The Bertz CT molecular complexity index is 1100. The van der Waals surface area contributed by atoms with Gasteiger partial charge in [0.1, 0.15) is 5.41 Å². The van der Waals surface area contributed by atoms with Crippen LogP contribution in [0.2, 0.25) is 0 Å². The van der Waals surface area contributed by atoms with Crippen LogP contribution in [0.1, 0.15) is 35.1 Å². The Labute approximate surface area is 180 Å². The van der Waals surface area contributed by atoms with Gasteiger partial charge in [0.05, 0.1) is 0 Å². The first-order valence-electron chi connectivity index (χ1n) is 10.0. The number of piperidine rings is 2. The molecule has 31 heavy (non-hydrogen) atoms. The van der Waals surface area contributed by atoms with Crippen molar-refractivity contribution in [3.63, 3.8) is 0 Å². The molecule has 2 aromatic carbocycles. The lowest BCUT2D eigenvalue weighted by molar-refractivity contribution is -0.150. The highest BCUT2D eigenvalue weighted by Gasteiger charge is 2.54. The second-order valence-corrected chi connectivity index (χ2v) is 8.05. The summed E-state index contributed by atoms with van der Waals surface area (Å²) in [4.78, 5) is 50.8. The molecule has 6 heteroatoms. The topological polar surface area (TPSA) is 92.3 Å². The molecule has 0 aliphatic carbocycles.